The number of methoxy groups -OCH3 is 1. The Balaban J connectivity index is 2.00. The molecule has 1 aromatic heterocycles. The number of amides is 1. The minimum Gasteiger partial charge on any atom is -0.497 e. The average molecular weight is 287 g/mol. The van der Waals surface area contributed by atoms with E-state index in [1.165, 1.54) is 6.42 Å². The predicted molar refractivity (Wildman–Crippen MR) is 81.9 cm³/mol. The van der Waals surface area contributed by atoms with Crippen LogP contribution in [0, 0.1) is 6.92 Å². The molecule has 2 aromatic rings. The summed E-state index contributed by atoms with van der Waals surface area (Å²) in [7, 11) is 1.64. The summed E-state index contributed by atoms with van der Waals surface area (Å²) in [6.07, 6.45) is 3.34. The van der Waals surface area contributed by atoms with Crippen LogP contribution in [0.4, 0.5) is 0 Å². The van der Waals surface area contributed by atoms with Gasteiger partial charge in [-0.3, -0.25) is 4.79 Å². The number of furan rings is 1. The monoisotopic (exact) mass is 287 g/mol. The Morgan fingerprint density at radius 1 is 1.38 bits per heavy atom. The number of carbonyl (C=O) groups is 1. The molecule has 1 saturated heterocycles. The number of benzene rings is 1. The maximum Gasteiger partial charge on any atom is 0.290 e. The third-order valence-electron chi connectivity index (χ3n) is 4.40. The van der Waals surface area contributed by atoms with Gasteiger partial charge in [0.05, 0.1) is 7.11 Å². The molecule has 2 heterocycles. The summed E-state index contributed by atoms with van der Waals surface area (Å²) in [5.41, 5.74) is 1.63. The first-order valence-corrected chi connectivity index (χ1v) is 7.50. The maximum atomic E-state index is 12.8. The largest absolute Gasteiger partial charge is 0.497 e. The summed E-state index contributed by atoms with van der Waals surface area (Å²) in [4.78, 5) is 14.7. The second kappa shape index (κ2) is 5.43. The van der Waals surface area contributed by atoms with Crippen molar-refractivity contribution in [2.45, 2.75) is 39.2 Å². The number of piperidine rings is 1. The molecule has 0 spiro atoms. The van der Waals surface area contributed by atoms with Crippen LogP contribution in [-0.2, 0) is 0 Å². The summed E-state index contributed by atoms with van der Waals surface area (Å²) in [6.45, 7) is 4.87. The molecule has 0 aliphatic carbocycles. The summed E-state index contributed by atoms with van der Waals surface area (Å²) in [5.74, 6) is 1.25. The first kappa shape index (κ1) is 14.0. The van der Waals surface area contributed by atoms with E-state index in [1.54, 1.807) is 7.11 Å². The molecule has 4 heteroatoms. The van der Waals surface area contributed by atoms with E-state index in [0.717, 1.165) is 41.7 Å². The molecule has 0 N–H and O–H groups in total. The highest BCUT2D eigenvalue weighted by Crippen LogP contribution is 2.30. The molecular weight excluding hydrogens is 266 g/mol. The number of aryl methyl sites for hydroxylation is 1. The van der Waals surface area contributed by atoms with Gasteiger partial charge in [0.2, 0.25) is 0 Å². The van der Waals surface area contributed by atoms with Gasteiger partial charge in [-0.2, -0.15) is 0 Å². The minimum absolute atomic E-state index is 0.00914. The fraction of sp³-hybridized carbons (Fsp3) is 0.471. The van der Waals surface area contributed by atoms with Crippen molar-refractivity contribution < 1.29 is 13.9 Å². The fourth-order valence-electron chi connectivity index (χ4n) is 3.06. The lowest BCUT2D eigenvalue weighted by molar-refractivity contribution is 0.0604. The summed E-state index contributed by atoms with van der Waals surface area (Å²) >= 11 is 0. The molecule has 1 aromatic carbocycles. The Labute approximate surface area is 124 Å². The van der Waals surface area contributed by atoms with Crippen LogP contribution in [-0.4, -0.2) is 30.5 Å². The van der Waals surface area contributed by atoms with Gasteiger partial charge in [-0.1, -0.05) is 0 Å². The molecular formula is C17H21NO3. The van der Waals surface area contributed by atoms with Crippen molar-refractivity contribution in [3.05, 3.63) is 29.5 Å². The third-order valence-corrected chi connectivity index (χ3v) is 4.40. The van der Waals surface area contributed by atoms with Crippen LogP contribution < -0.4 is 4.74 Å². The lowest BCUT2D eigenvalue weighted by atomic mass is 10.0. The summed E-state index contributed by atoms with van der Waals surface area (Å²) < 4.78 is 11.1. The first-order valence-electron chi connectivity index (χ1n) is 7.50. The molecule has 1 aliphatic heterocycles. The molecule has 1 amide bonds. The van der Waals surface area contributed by atoms with Crippen molar-refractivity contribution in [3.8, 4) is 5.75 Å². The highest BCUT2D eigenvalue weighted by atomic mass is 16.5. The second-order valence-electron chi connectivity index (χ2n) is 5.76. The first-order chi connectivity index (χ1) is 10.1. The van der Waals surface area contributed by atoms with Crippen LogP contribution in [0.25, 0.3) is 11.0 Å². The number of likely N-dealkylation sites (tertiary alicyclic amines) is 1. The van der Waals surface area contributed by atoms with Crippen LogP contribution in [0.1, 0.15) is 42.3 Å². The van der Waals surface area contributed by atoms with Gasteiger partial charge >= 0.3 is 0 Å². The molecule has 3 rings (SSSR count). The van der Waals surface area contributed by atoms with Crippen LogP contribution in [0.3, 0.4) is 0 Å². The van der Waals surface area contributed by atoms with E-state index < -0.39 is 0 Å². The molecule has 1 fully saturated rings. The Bertz CT molecular complexity index is 674. The number of nitrogens with zero attached hydrogens (tertiary/aromatic N) is 1. The molecule has 0 radical (unpaired) electrons. The van der Waals surface area contributed by atoms with Gasteiger partial charge in [0.25, 0.3) is 5.91 Å². The van der Waals surface area contributed by atoms with Gasteiger partial charge in [-0.25, -0.2) is 0 Å². The second-order valence-corrected chi connectivity index (χ2v) is 5.76. The Morgan fingerprint density at radius 3 is 2.90 bits per heavy atom. The van der Waals surface area contributed by atoms with Crippen LogP contribution in [0.5, 0.6) is 5.75 Å². The van der Waals surface area contributed by atoms with Gasteiger partial charge < -0.3 is 14.1 Å². The molecule has 0 bridgehead atoms. The van der Waals surface area contributed by atoms with Crippen LogP contribution >= 0.6 is 0 Å². The quantitative estimate of drug-likeness (QED) is 0.844. The zero-order valence-corrected chi connectivity index (χ0v) is 12.8. The number of hydrogen-bond acceptors (Lipinski definition) is 3. The van der Waals surface area contributed by atoms with Gasteiger partial charge in [-0.05, 0) is 51.3 Å². The highest BCUT2D eigenvalue weighted by molar-refractivity contribution is 5.99. The van der Waals surface area contributed by atoms with Crippen LogP contribution in [0.15, 0.2) is 22.6 Å². The molecule has 4 nitrogen and oxygen atoms in total. The van der Waals surface area contributed by atoms with Gasteiger partial charge in [-0.15, -0.1) is 0 Å². The normalized spacial score (nSPS) is 19.0. The molecule has 1 aliphatic rings. The summed E-state index contributed by atoms with van der Waals surface area (Å²) in [5, 5.41) is 0.947. The van der Waals surface area contributed by atoms with Crippen molar-refractivity contribution in [2.24, 2.45) is 0 Å². The van der Waals surface area contributed by atoms with Gasteiger partial charge in [0.15, 0.2) is 5.76 Å². The Hall–Kier alpha value is -1.97. The molecule has 112 valence electrons. The summed E-state index contributed by atoms with van der Waals surface area (Å²) in [6, 6.07) is 5.92. The lowest BCUT2D eigenvalue weighted by Crippen LogP contribution is -2.42. The van der Waals surface area contributed by atoms with Crippen molar-refractivity contribution in [1.82, 2.24) is 4.90 Å². The topological polar surface area (TPSA) is 42.7 Å². The number of rotatable bonds is 2. The smallest absolute Gasteiger partial charge is 0.290 e. The molecule has 21 heavy (non-hydrogen) atoms. The van der Waals surface area contributed by atoms with Gasteiger partial charge in [0, 0.05) is 23.5 Å². The van der Waals surface area contributed by atoms with Gasteiger partial charge in [0.1, 0.15) is 11.3 Å². The van der Waals surface area contributed by atoms with E-state index in [1.807, 2.05) is 30.0 Å². The van der Waals surface area contributed by atoms with E-state index in [4.69, 9.17) is 9.15 Å². The van der Waals surface area contributed by atoms with E-state index in [2.05, 4.69) is 6.92 Å². The van der Waals surface area contributed by atoms with Crippen molar-refractivity contribution in [2.75, 3.05) is 13.7 Å². The molecule has 0 saturated carbocycles. The molecule has 1 unspecified atom stereocenters. The zero-order valence-electron chi connectivity index (χ0n) is 12.8. The highest BCUT2D eigenvalue weighted by Gasteiger charge is 2.28. The van der Waals surface area contributed by atoms with E-state index >= 15 is 0 Å². The number of carbonyl (C=O) groups excluding carboxylic acids is 1. The Morgan fingerprint density at radius 2 is 2.19 bits per heavy atom. The number of ether oxygens (including phenoxy) is 1. The number of fused-ring (bicyclic) bond motifs is 1. The van der Waals surface area contributed by atoms with Crippen molar-refractivity contribution >= 4 is 16.9 Å². The van der Waals surface area contributed by atoms with E-state index in [0.29, 0.717) is 5.76 Å². The predicted octanol–water partition coefficient (Wildman–Crippen LogP) is 3.76. The fourth-order valence-corrected chi connectivity index (χ4v) is 3.06. The van der Waals surface area contributed by atoms with Crippen molar-refractivity contribution in [3.63, 3.8) is 0 Å². The zero-order chi connectivity index (χ0) is 15.0. The van der Waals surface area contributed by atoms with Crippen molar-refractivity contribution in [1.29, 1.82) is 0 Å². The average Bonchev–Trinajstić information content (AvgIpc) is 2.83. The molecule has 1 atom stereocenters. The lowest BCUT2D eigenvalue weighted by Gasteiger charge is -2.32. The Kier molecular flexibility index (Phi) is 3.62. The SMILES string of the molecule is COc1ccc2oc(C(=O)N3CCCCC3C)c(C)c2c1. The maximum absolute atomic E-state index is 12.8. The number of hydrogen-bond donors (Lipinski definition) is 0. The van der Waals surface area contributed by atoms with Crippen LogP contribution in [0.2, 0.25) is 0 Å². The minimum atomic E-state index is 0.00914. The van der Waals surface area contributed by atoms with E-state index in [9.17, 15) is 4.79 Å². The third kappa shape index (κ3) is 2.39. The van der Waals surface area contributed by atoms with E-state index in [-0.39, 0.29) is 11.9 Å². The standard InChI is InChI=1S/C17H21NO3/c1-11-6-4-5-9-18(11)17(19)16-12(2)14-10-13(20-3)7-8-15(14)21-16/h7-8,10-11H,4-6,9H2,1-3H3.